The van der Waals surface area contributed by atoms with Crippen LogP contribution in [0.2, 0.25) is 0 Å². The first-order chi connectivity index (χ1) is 9.85. The first-order valence-electron chi connectivity index (χ1n) is 6.49. The Hall–Kier alpha value is -2.46. The SMILES string of the molecule is OCc1cccc(NCc2cnc3ccccc3n2)c1. The van der Waals surface area contributed by atoms with Gasteiger partial charge in [-0.1, -0.05) is 24.3 Å². The van der Waals surface area contributed by atoms with Crippen LogP contribution < -0.4 is 5.32 Å². The zero-order chi connectivity index (χ0) is 13.8. The van der Waals surface area contributed by atoms with E-state index in [1.165, 1.54) is 0 Å². The topological polar surface area (TPSA) is 58.0 Å². The van der Waals surface area contributed by atoms with Gasteiger partial charge in [0.2, 0.25) is 0 Å². The van der Waals surface area contributed by atoms with Crippen molar-refractivity contribution in [3.8, 4) is 0 Å². The molecule has 0 aliphatic heterocycles. The summed E-state index contributed by atoms with van der Waals surface area (Å²) < 4.78 is 0. The summed E-state index contributed by atoms with van der Waals surface area (Å²) in [5, 5.41) is 12.4. The van der Waals surface area contributed by atoms with Crippen LogP contribution >= 0.6 is 0 Å². The summed E-state index contributed by atoms with van der Waals surface area (Å²) >= 11 is 0. The van der Waals surface area contributed by atoms with Crippen molar-refractivity contribution >= 4 is 16.7 Å². The van der Waals surface area contributed by atoms with Gasteiger partial charge < -0.3 is 10.4 Å². The van der Waals surface area contributed by atoms with Gasteiger partial charge in [-0.15, -0.1) is 0 Å². The summed E-state index contributed by atoms with van der Waals surface area (Å²) in [6.07, 6.45) is 1.78. The van der Waals surface area contributed by atoms with Gasteiger partial charge in [0.1, 0.15) is 0 Å². The number of anilines is 1. The fourth-order valence-electron chi connectivity index (χ4n) is 2.05. The lowest BCUT2D eigenvalue weighted by atomic mass is 10.2. The first kappa shape index (κ1) is 12.6. The van der Waals surface area contributed by atoms with E-state index < -0.39 is 0 Å². The Morgan fingerprint density at radius 2 is 1.85 bits per heavy atom. The number of hydrogen-bond acceptors (Lipinski definition) is 4. The predicted molar refractivity (Wildman–Crippen MR) is 79.2 cm³/mol. The Morgan fingerprint density at radius 3 is 2.70 bits per heavy atom. The maximum atomic E-state index is 9.12. The molecular formula is C16H15N3O. The zero-order valence-electron chi connectivity index (χ0n) is 11.0. The minimum Gasteiger partial charge on any atom is -0.392 e. The summed E-state index contributed by atoms with van der Waals surface area (Å²) in [4.78, 5) is 8.94. The van der Waals surface area contributed by atoms with Gasteiger partial charge in [-0.3, -0.25) is 4.98 Å². The molecule has 0 bridgehead atoms. The van der Waals surface area contributed by atoms with Gasteiger partial charge in [-0.05, 0) is 29.8 Å². The van der Waals surface area contributed by atoms with Gasteiger partial charge in [-0.2, -0.15) is 0 Å². The summed E-state index contributed by atoms with van der Waals surface area (Å²) in [5.41, 5.74) is 4.54. The van der Waals surface area contributed by atoms with E-state index in [1.54, 1.807) is 6.20 Å². The van der Waals surface area contributed by atoms with Gasteiger partial charge in [0, 0.05) is 5.69 Å². The molecule has 20 heavy (non-hydrogen) atoms. The Bertz CT molecular complexity index is 727. The van der Waals surface area contributed by atoms with E-state index in [4.69, 9.17) is 5.11 Å². The number of benzene rings is 2. The summed E-state index contributed by atoms with van der Waals surface area (Å²) in [6.45, 7) is 0.651. The molecule has 2 N–H and O–H groups in total. The second-order valence-electron chi connectivity index (χ2n) is 4.56. The van der Waals surface area contributed by atoms with Crippen molar-refractivity contribution in [3.63, 3.8) is 0 Å². The number of aliphatic hydroxyl groups excluding tert-OH is 1. The first-order valence-corrected chi connectivity index (χ1v) is 6.49. The van der Waals surface area contributed by atoms with Crippen LogP contribution in [0.3, 0.4) is 0 Å². The van der Waals surface area contributed by atoms with E-state index >= 15 is 0 Å². The number of para-hydroxylation sites is 2. The summed E-state index contributed by atoms with van der Waals surface area (Å²) in [5.74, 6) is 0. The molecule has 3 aromatic rings. The molecule has 2 aromatic carbocycles. The molecule has 0 amide bonds. The summed E-state index contributed by atoms with van der Waals surface area (Å²) in [6, 6.07) is 15.5. The maximum Gasteiger partial charge on any atom is 0.0890 e. The molecule has 4 heteroatoms. The van der Waals surface area contributed by atoms with E-state index in [0.717, 1.165) is 28.0 Å². The monoisotopic (exact) mass is 265 g/mol. The van der Waals surface area contributed by atoms with Crippen LogP contribution in [0.4, 0.5) is 5.69 Å². The van der Waals surface area contributed by atoms with Crippen molar-refractivity contribution in [3.05, 3.63) is 66.0 Å². The van der Waals surface area contributed by atoms with Crippen LogP contribution in [0, 0.1) is 0 Å². The molecule has 0 atom stereocenters. The van der Waals surface area contributed by atoms with Gasteiger partial charge >= 0.3 is 0 Å². The van der Waals surface area contributed by atoms with Gasteiger partial charge in [0.05, 0.1) is 36.1 Å². The van der Waals surface area contributed by atoms with E-state index in [1.807, 2.05) is 48.5 Å². The third-order valence-corrected chi connectivity index (χ3v) is 3.08. The lowest BCUT2D eigenvalue weighted by molar-refractivity contribution is 0.282. The van der Waals surface area contributed by atoms with Crippen molar-refractivity contribution in [2.24, 2.45) is 0 Å². The van der Waals surface area contributed by atoms with Crippen LogP contribution in [0.25, 0.3) is 11.0 Å². The van der Waals surface area contributed by atoms with E-state index in [0.29, 0.717) is 6.54 Å². The Kier molecular flexibility index (Phi) is 3.56. The van der Waals surface area contributed by atoms with Gasteiger partial charge in [-0.25, -0.2) is 4.98 Å². The molecular weight excluding hydrogens is 250 g/mol. The molecule has 0 radical (unpaired) electrons. The van der Waals surface area contributed by atoms with Crippen molar-refractivity contribution < 1.29 is 5.11 Å². The molecule has 0 unspecified atom stereocenters. The maximum absolute atomic E-state index is 9.12. The van der Waals surface area contributed by atoms with Crippen LogP contribution in [-0.2, 0) is 13.2 Å². The molecule has 1 aromatic heterocycles. The van der Waals surface area contributed by atoms with Crippen molar-refractivity contribution in [1.29, 1.82) is 0 Å². The molecule has 0 fully saturated rings. The number of fused-ring (bicyclic) bond motifs is 1. The molecule has 0 spiro atoms. The van der Waals surface area contributed by atoms with Crippen molar-refractivity contribution in [2.45, 2.75) is 13.2 Å². The molecule has 0 saturated carbocycles. The number of nitrogens with zero attached hydrogens (tertiary/aromatic N) is 2. The number of hydrogen-bond donors (Lipinski definition) is 2. The number of aromatic nitrogens is 2. The second-order valence-corrected chi connectivity index (χ2v) is 4.56. The van der Waals surface area contributed by atoms with Gasteiger partial charge in [0.25, 0.3) is 0 Å². The third-order valence-electron chi connectivity index (χ3n) is 3.08. The molecule has 3 rings (SSSR count). The highest BCUT2D eigenvalue weighted by atomic mass is 16.3. The molecule has 0 aliphatic carbocycles. The number of nitrogens with one attached hydrogen (secondary N) is 1. The normalized spacial score (nSPS) is 10.7. The van der Waals surface area contributed by atoms with Crippen LogP contribution in [-0.4, -0.2) is 15.1 Å². The number of aliphatic hydroxyl groups is 1. The third kappa shape index (κ3) is 2.75. The second kappa shape index (κ2) is 5.67. The molecule has 100 valence electrons. The van der Waals surface area contributed by atoms with Gasteiger partial charge in [0.15, 0.2) is 0 Å². The van der Waals surface area contributed by atoms with E-state index in [2.05, 4.69) is 15.3 Å². The highest BCUT2D eigenvalue weighted by Crippen LogP contribution is 2.13. The van der Waals surface area contributed by atoms with Crippen LogP contribution in [0.5, 0.6) is 0 Å². The lowest BCUT2D eigenvalue weighted by Crippen LogP contribution is -2.03. The smallest absolute Gasteiger partial charge is 0.0890 e. The average Bonchev–Trinajstić information content (AvgIpc) is 2.53. The van der Waals surface area contributed by atoms with Crippen LogP contribution in [0.15, 0.2) is 54.7 Å². The largest absolute Gasteiger partial charge is 0.392 e. The standard InChI is InChI=1S/C16H15N3O/c20-11-12-4-3-5-13(8-12)17-9-14-10-18-15-6-1-2-7-16(15)19-14/h1-8,10,17,20H,9,11H2. The van der Waals surface area contributed by atoms with Crippen LogP contribution in [0.1, 0.15) is 11.3 Å². The predicted octanol–water partition coefficient (Wildman–Crippen LogP) is 2.73. The van der Waals surface area contributed by atoms with E-state index in [9.17, 15) is 0 Å². The Labute approximate surface area is 117 Å². The molecule has 1 heterocycles. The highest BCUT2D eigenvalue weighted by Gasteiger charge is 2.00. The molecule has 0 aliphatic rings. The molecule has 4 nitrogen and oxygen atoms in total. The van der Waals surface area contributed by atoms with Crippen molar-refractivity contribution in [1.82, 2.24) is 9.97 Å². The number of rotatable bonds is 4. The summed E-state index contributed by atoms with van der Waals surface area (Å²) in [7, 11) is 0. The molecule has 0 saturated heterocycles. The lowest BCUT2D eigenvalue weighted by Gasteiger charge is -2.07. The Morgan fingerprint density at radius 1 is 1.00 bits per heavy atom. The minimum atomic E-state index is 0.0469. The van der Waals surface area contributed by atoms with Crippen molar-refractivity contribution in [2.75, 3.05) is 5.32 Å². The fourth-order valence-corrected chi connectivity index (χ4v) is 2.05. The average molecular weight is 265 g/mol. The fraction of sp³-hybridized carbons (Fsp3) is 0.125. The Balaban J connectivity index is 1.76. The highest BCUT2D eigenvalue weighted by molar-refractivity contribution is 5.73. The minimum absolute atomic E-state index is 0.0469. The zero-order valence-corrected chi connectivity index (χ0v) is 11.0. The quantitative estimate of drug-likeness (QED) is 0.761. The van der Waals surface area contributed by atoms with E-state index in [-0.39, 0.29) is 6.61 Å².